The van der Waals surface area contributed by atoms with Crippen molar-refractivity contribution >= 4 is 50.6 Å². The second-order valence-corrected chi connectivity index (χ2v) is 7.96. The minimum atomic E-state index is -4.94. The minimum Gasteiger partial charge on any atom is -0.714 e. The number of hydrogen-bond acceptors (Lipinski definition) is 7. The molecule has 0 fully saturated rings. The molecule has 0 aliphatic carbocycles. The smallest absolute Gasteiger partial charge is 0.714 e. The molecule has 11 heteroatoms. The molecule has 1 aliphatic heterocycles. The fourth-order valence-electron chi connectivity index (χ4n) is 2.56. The van der Waals surface area contributed by atoms with Crippen molar-refractivity contribution in [1.29, 1.82) is 0 Å². The Morgan fingerprint density at radius 1 is 1.38 bits per heavy atom. The number of carbonyl (C=O) groups excluding carboxylic acids is 1. The van der Waals surface area contributed by atoms with Crippen LogP contribution in [0.15, 0.2) is 35.5 Å². The van der Waals surface area contributed by atoms with Crippen LogP contribution in [0, 0.1) is 6.92 Å². The number of halogens is 1. The van der Waals surface area contributed by atoms with Crippen molar-refractivity contribution in [3.63, 3.8) is 0 Å². The van der Waals surface area contributed by atoms with Gasteiger partial charge in [-0.25, -0.2) is 0 Å². The number of thiophene rings is 1. The fourth-order valence-corrected chi connectivity index (χ4v) is 3.97. The van der Waals surface area contributed by atoms with Crippen LogP contribution in [0.3, 0.4) is 0 Å². The molecule has 0 atom stereocenters. The van der Waals surface area contributed by atoms with Gasteiger partial charge in [0.1, 0.15) is 5.71 Å². The molecule has 7 nitrogen and oxygen atoms in total. The normalized spacial score (nSPS) is 15.3. The summed E-state index contributed by atoms with van der Waals surface area (Å²) < 4.78 is 36.3. The van der Waals surface area contributed by atoms with E-state index in [1.807, 2.05) is 19.1 Å². The first-order valence-corrected chi connectivity index (χ1v) is 9.67. The fraction of sp³-hybridized carbons (Fsp3) is 0.200. The van der Waals surface area contributed by atoms with E-state index in [2.05, 4.69) is 9.44 Å². The summed E-state index contributed by atoms with van der Waals surface area (Å²) in [5.74, 6) is -0.190. The Bertz CT molecular complexity index is 974. The zero-order valence-corrected chi connectivity index (χ0v) is 19.4. The molecule has 3 rings (SSSR count). The van der Waals surface area contributed by atoms with Crippen molar-refractivity contribution in [1.82, 2.24) is 0 Å². The minimum absolute atomic E-state index is 0. The number of benzene rings is 1. The number of rotatable bonds is 3. The van der Waals surface area contributed by atoms with Crippen molar-refractivity contribution in [2.75, 3.05) is 11.4 Å². The van der Waals surface area contributed by atoms with Crippen molar-refractivity contribution in [2.45, 2.75) is 13.3 Å². The predicted octanol–water partition coefficient (Wildman–Crippen LogP) is -0.0547. The number of amides is 1. The van der Waals surface area contributed by atoms with Crippen molar-refractivity contribution in [3.8, 4) is 0 Å². The summed E-state index contributed by atoms with van der Waals surface area (Å²) in [4.78, 5) is 14.9. The summed E-state index contributed by atoms with van der Waals surface area (Å²) in [6.07, 6.45) is 0.233. The molecule has 0 unspecified atom stereocenters. The second-order valence-electron chi connectivity index (χ2n) is 5.31. The van der Waals surface area contributed by atoms with Gasteiger partial charge < -0.3 is 9.45 Å². The molecule has 0 saturated heterocycles. The maximum Gasteiger partial charge on any atom is 1.00 e. The van der Waals surface area contributed by atoms with Gasteiger partial charge in [-0.2, -0.15) is 8.42 Å². The van der Waals surface area contributed by atoms with Crippen LogP contribution in [0.4, 0.5) is 5.69 Å². The van der Waals surface area contributed by atoms with E-state index in [-0.39, 0.29) is 76.0 Å². The van der Waals surface area contributed by atoms with Gasteiger partial charge in [-0.05, 0) is 24.6 Å². The second kappa shape index (κ2) is 8.80. The number of hydrogen-bond donors (Lipinski definition) is 0. The first-order chi connectivity index (χ1) is 11.8. The van der Waals surface area contributed by atoms with Gasteiger partial charge in [-0.3, -0.25) is 9.08 Å². The molecule has 0 N–H and O–H groups in total. The number of carbonyl (C=O) groups is 1. The van der Waals surface area contributed by atoms with Crippen LogP contribution in [0.2, 0.25) is 4.34 Å². The number of fused-ring (bicyclic) bond motifs is 1. The maximum atomic E-state index is 12.9. The zero-order chi connectivity index (χ0) is 18.2. The Hall–Kier alpha value is -0.304. The van der Waals surface area contributed by atoms with E-state index in [4.69, 9.17) is 11.6 Å². The molecule has 0 spiro atoms. The Morgan fingerprint density at radius 2 is 2.08 bits per heavy atom. The van der Waals surface area contributed by atoms with Gasteiger partial charge >= 0.3 is 51.4 Å². The SMILES string of the molecule is Cc1ccccc1C(=O)N1CC/C(=N/OS(=O)(=O)[O-])c2sc(Cl)cc21.[K+]. The Kier molecular flexibility index (Phi) is 7.44. The van der Waals surface area contributed by atoms with Crippen LogP contribution < -0.4 is 56.3 Å². The van der Waals surface area contributed by atoms with E-state index in [9.17, 15) is 17.8 Å². The van der Waals surface area contributed by atoms with Crippen molar-refractivity contribution < 1.29 is 73.4 Å². The molecule has 2 heterocycles. The molecule has 2 aromatic rings. The molecule has 1 amide bonds. The van der Waals surface area contributed by atoms with Crippen LogP contribution in [0.5, 0.6) is 0 Å². The van der Waals surface area contributed by atoms with Crippen LogP contribution in [0.1, 0.15) is 27.2 Å². The molecule has 0 radical (unpaired) electrons. The van der Waals surface area contributed by atoms with Gasteiger partial charge in [0.05, 0.1) is 14.9 Å². The molecule has 1 aromatic heterocycles. The van der Waals surface area contributed by atoms with Gasteiger partial charge in [0.25, 0.3) is 16.3 Å². The monoisotopic (exact) mass is 438 g/mol. The van der Waals surface area contributed by atoms with E-state index in [0.717, 1.165) is 16.9 Å². The largest absolute Gasteiger partial charge is 1.00 e. The first-order valence-electron chi connectivity index (χ1n) is 7.15. The number of oxime groups is 1. The standard InChI is InChI=1S/C15H13ClN2O5S2.K/c1-9-4-2-3-5-10(9)15(19)18-7-6-11(17-23-25(20,21)22)14-12(18)8-13(16)24-14;/h2-5,8H,6-7H2,1H3,(H,20,21,22);/q;+1/p-1/b17-11-;. The molecule has 0 bridgehead atoms. The van der Waals surface area contributed by atoms with E-state index >= 15 is 0 Å². The number of anilines is 1. The predicted molar refractivity (Wildman–Crippen MR) is 94.1 cm³/mol. The van der Waals surface area contributed by atoms with E-state index in [0.29, 0.717) is 20.5 Å². The maximum absolute atomic E-state index is 12.9. The van der Waals surface area contributed by atoms with Gasteiger partial charge in [0, 0.05) is 18.5 Å². The number of nitrogens with zero attached hydrogens (tertiary/aromatic N) is 2. The molecule has 0 saturated carbocycles. The average Bonchev–Trinajstić information content (AvgIpc) is 2.93. The summed E-state index contributed by atoms with van der Waals surface area (Å²) in [5.41, 5.74) is 2.19. The quantitative estimate of drug-likeness (QED) is 0.289. The van der Waals surface area contributed by atoms with Crippen LogP contribution in [-0.4, -0.2) is 31.1 Å². The molecule has 1 aliphatic rings. The van der Waals surface area contributed by atoms with Crippen LogP contribution in [-0.2, 0) is 14.7 Å². The zero-order valence-electron chi connectivity index (χ0n) is 13.9. The summed E-state index contributed by atoms with van der Waals surface area (Å²) >= 11 is 7.19. The van der Waals surface area contributed by atoms with Gasteiger partial charge in [-0.15, -0.1) is 11.3 Å². The van der Waals surface area contributed by atoms with Gasteiger partial charge in [-0.1, -0.05) is 35.0 Å². The van der Waals surface area contributed by atoms with Gasteiger partial charge in [0.2, 0.25) is 0 Å². The van der Waals surface area contributed by atoms with Gasteiger partial charge in [0.15, 0.2) is 0 Å². The average molecular weight is 439 g/mol. The molecular weight excluding hydrogens is 427 g/mol. The van der Waals surface area contributed by atoms with E-state index < -0.39 is 10.4 Å². The topological polar surface area (TPSA) is 99.1 Å². The Labute approximate surface area is 202 Å². The van der Waals surface area contributed by atoms with Crippen LogP contribution >= 0.6 is 22.9 Å². The summed E-state index contributed by atoms with van der Waals surface area (Å²) in [6.45, 7) is 2.10. The first kappa shape index (κ1) is 22.0. The summed E-state index contributed by atoms with van der Waals surface area (Å²) in [6, 6.07) is 8.82. The van der Waals surface area contributed by atoms with Crippen molar-refractivity contribution in [3.05, 3.63) is 50.7 Å². The van der Waals surface area contributed by atoms with E-state index in [1.54, 1.807) is 23.1 Å². The molecule has 1 aromatic carbocycles. The third-order valence-corrected chi connectivity index (χ3v) is 5.23. The summed E-state index contributed by atoms with van der Waals surface area (Å²) in [7, 11) is -4.94. The number of aryl methyl sites for hydroxylation is 1. The third-order valence-electron chi connectivity index (χ3n) is 3.67. The Balaban J connectivity index is 0.00000243. The summed E-state index contributed by atoms with van der Waals surface area (Å²) in [5, 5.41) is 3.42. The van der Waals surface area contributed by atoms with Crippen molar-refractivity contribution in [2.24, 2.45) is 5.16 Å². The van der Waals surface area contributed by atoms with Crippen LogP contribution in [0.25, 0.3) is 0 Å². The third kappa shape index (κ3) is 4.94. The van der Waals surface area contributed by atoms with E-state index in [1.165, 1.54) is 0 Å². The molecular formula is C15H12ClKN2O5S2. The Morgan fingerprint density at radius 3 is 2.73 bits per heavy atom. The molecule has 132 valence electrons. The molecule has 26 heavy (non-hydrogen) atoms.